The van der Waals surface area contributed by atoms with Gasteiger partial charge in [0.05, 0.1) is 25.5 Å². The summed E-state index contributed by atoms with van der Waals surface area (Å²) in [7, 11) is 0. The Balaban J connectivity index is 1.52. The predicted octanol–water partition coefficient (Wildman–Crippen LogP) is 2.15. The minimum Gasteiger partial charge on any atom is -0.468 e. The third kappa shape index (κ3) is 4.59. The predicted molar refractivity (Wildman–Crippen MR) is 90.5 cm³/mol. The van der Waals surface area contributed by atoms with Gasteiger partial charge in [0, 0.05) is 26.2 Å². The molecule has 2 N–H and O–H groups in total. The van der Waals surface area contributed by atoms with Gasteiger partial charge in [-0.3, -0.25) is 4.90 Å². The molecule has 1 saturated heterocycles. The minimum absolute atomic E-state index is 0.0198. The highest BCUT2D eigenvalue weighted by atomic mass is 16.5. The van der Waals surface area contributed by atoms with Crippen LogP contribution in [0.3, 0.4) is 0 Å². The maximum absolute atomic E-state index is 12.1. The van der Waals surface area contributed by atoms with Crippen molar-refractivity contribution in [3.63, 3.8) is 0 Å². The first-order valence-corrected chi connectivity index (χ1v) is 8.24. The Labute approximate surface area is 141 Å². The molecule has 1 aromatic heterocycles. The van der Waals surface area contributed by atoms with Gasteiger partial charge in [-0.1, -0.05) is 30.3 Å². The second-order valence-electron chi connectivity index (χ2n) is 5.73. The molecule has 0 bridgehead atoms. The average Bonchev–Trinajstić information content (AvgIpc) is 3.16. The number of morpholine rings is 1. The molecule has 1 aromatic carbocycles. The quantitative estimate of drug-likeness (QED) is 0.852. The zero-order valence-electron chi connectivity index (χ0n) is 13.6. The van der Waals surface area contributed by atoms with Gasteiger partial charge in [-0.15, -0.1) is 0 Å². The topological polar surface area (TPSA) is 66.7 Å². The molecule has 1 aliphatic heterocycles. The number of nitrogens with zero attached hydrogens (tertiary/aromatic N) is 1. The van der Waals surface area contributed by atoms with Gasteiger partial charge in [-0.2, -0.15) is 0 Å². The lowest BCUT2D eigenvalue weighted by atomic mass is 10.1. The first-order valence-electron chi connectivity index (χ1n) is 8.24. The number of carbonyl (C=O) groups is 1. The van der Waals surface area contributed by atoms with E-state index in [1.54, 1.807) is 6.26 Å². The highest BCUT2D eigenvalue weighted by molar-refractivity contribution is 5.73. The second-order valence-corrected chi connectivity index (χ2v) is 5.73. The highest BCUT2D eigenvalue weighted by Crippen LogP contribution is 2.21. The van der Waals surface area contributed by atoms with Crippen LogP contribution in [0.5, 0.6) is 0 Å². The molecule has 1 aliphatic rings. The van der Waals surface area contributed by atoms with Gasteiger partial charge < -0.3 is 19.8 Å². The normalized spacial score (nSPS) is 16.5. The summed E-state index contributed by atoms with van der Waals surface area (Å²) in [5, 5.41) is 5.82. The van der Waals surface area contributed by atoms with Crippen LogP contribution in [0.2, 0.25) is 0 Å². The highest BCUT2D eigenvalue weighted by Gasteiger charge is 2.25. The first kappa shape index (κ1) is 16.5. The summed E-state index contributed by atoms with van der Waals surface area (Å²) in [5.74, 6) is 0.861. The lowest BCUT2D eigenvalue weighted by molar-refractivity contribution is 0.0123. The number of hydrogen-bond acceptors (Lipinski definition) is 4. The Hall–Kier alpha value is -2.31. The SMILES string of the molecule is O=C(NCc1ccccc1)NCC(c1ccco1)N1CCOCC1. The van der Waals surface area contributed by atoms with Crippen molar-refractivity contribution in [2.45, 2.75) is 12.6 Å². The molecule has 0 aliphatic carbocycles. The van der Waals surface area contributed by atoms with Gasteiger partial charge in [-0.25, -0.2) is 4.79 Å². The van der Waals surface area contributed by atoms with E-state index in [2.05, 4.69) is 15.5 Å². The number of carbonyl (C=O) groups excluding carboxylic acids is 1. The Morgan fingerprint density at radius 1 is 1.08 bits per heavy atom. The van der Waals surface area contributed by atoms with Crippen molar-refractivity contribution in [3.05, 3.63) is 60.1 Å². The lowest BCUT2D eigenvalue weighted by Gasteiger charge is -2.33. The molecule has 1 atom stereocenters. The van der Waals surface area contributed by atoms with E-state index in [9.17, 15) is 4.79 Å². The van der Waals surface area contributed by atoms with Crippen LogP contribution in [-0.2, 0) is 11.3 Å². The van der Waals surface area contributed by atoms with Crippen LogP contribution in [0.15, 0.2) is 53.1 Å². The van der Waals surface area contributed by atoms with Gasteiger partial charge in [0.25, 0.3) is 0 Å². The molecule has 2 amide bonds. The molecule has 6 nitrogen and oxygen atoms in total. The van der Waals surface area contributed by atoms with Gasteiger partial charge in [0.1, 0.15) is 5.76 Å². The van der Waals surface area contributed by atoms with Crippen LogP contribution in [0, 0.1) is 0 Å². The van der Waals surface area contributed by atoms with E-state index in [1.807, 2.05) is 42.5 Å². The van der Waals surface area contributed by atoms with E-state index in [4.69, 9.17) is 9.15 Å². The van der Waals surface area contributed by atoms with E-state index in [1.165, 1.54) is 0 Å². The molecule has 0 saturated carbocycles. The van der Waals surface area contributed by atoms with Gasteiger partial charge in [-0.05, 0) is 17.7 Å². The van der Waals surface area contributed by atoms with Crippen LogP contribution in [0.4, 0.5) is 4.79 Å². The number of ether oxygens (including phenoxy) is 1. The standard InChI is InChI=1S/C18H23N3O3/c22-18(19-13-15-5-2-1-3-6-15)20-14-16(17-7-4-10-24-17)21-8-11-23-12-9-21/h1-7,10,16H,8-9,11-14H2,(H2,19,20,22). The van der Waals surface area contributed by atoms with Crippen molar-refractivity contribution in [2.24, 2.45) is 0 Å². The first-order chi connectivity index (χ1) is 11.8. The van der Waals surface area contributed by atoms with Crippen LogP contribution < -0.4 is 10.6 Å². The minimum atomic E-state index is -0.177. The van der Waals surface area contributed by atoms with Crippen molar-refractivity contribution in [1.29, 1.82) is 0 Å². The largest absolute Gasteiger partial charge is 0.468 e. The number of amides is 2. The number of benzene rings is 1. The Morgan fingerprint density at radius 3 is 2.58 bits per heavy atom. The molecule has 3 rings (SSSR count). The molecule has 2 aromatic rings. The van der Waals surface area contributed by atoms with Crippen LogP contribution in [0.1, 0.15) is 17.4 Å². The van der Waals surface area contributed by atoms with Crippen LogP contribution in [0.25, 0.3) is 0 Å². The summed E-state index contributed by atoms with van der Waals surface area (Å²) in [4.78, 5) is 14.4. The summed E-state index contributed by atoms with van der Waals surface area (Å²) in [6, 6.07) is 13.5. The number of rotatable bonds is 6. The zero-order chi connectivity index (χ0) is 16.6. The van der Waals surface area contributed by atoms with Gasteiger partial charge in [0.15, 0.2) is 0 Å². The van der Waals surface area contributed by atoms with Crippen LogP contribution in [-0.4, -0.2) is 43.8 Å². The van der Waals surface area contributed by atoms with E-state index >= 15 is 0 Å². The fourth-order valence-electron chi connectivity index (χ4n) is 2.81. The Morgan fingerprint density at radius 2 is 1.88 bits per heavy atom. The van der Waals surface area contributed by atoms with E-state index in [0.717, 1.165) is 24.4 Å². The molecule has 1 fully saturated rings. The summed E-state index contributed by atoms with van der Waals surface area (Å²) in [6.45, 7) is 4.08. The number of urea groups is 1. The molecule has 2 heterocycles. The van der Waals surface area contributed by atoms with E-state index < -0.39 is 0 Å². The molecule has 0 spiro atoms. The van der Waals surface area contributed by atoms with Gasteiger partial charge in [0.2, 0.25) is 0 Å². The Bertz CT molecular complexity index is 610. The van der Waals surface area contributed by atoms with Gasteiger partial charge >= 0.3 is 6.03 Å². The zero-order valence-corrected chi connectivity index (χ0v) is 13.6. The maximum Gasteiger partial charge on any atom is 0.315 e. The monoisotopic (exact) mass is 329 g/mol. The summed E-state index contributed by atoms with van der Waals surface area (Å²) in [6.07, 6.45) is 1.66. The fourth-order valence-corrected chi connectivity index (χ4v) is 2.81. The average molecular weight is 329 g/mol. The fraction of sp³-hybridized carbons (Fsp3) is 0.389. The molecule has 1 unspecified atom stereocenters. The summed E-state index contributed by atoms with van der Waals surface area (Å²) in [5.41, 5.74) is 1.07. The second kappa shape index (κ2) is 8.52. The number of nitrogens with one attached hydrogen (secondary N) is 2. The molecule has 24 heavy (non-hydrogen) atoms. The number of hydrogen-bond donors (Lipinski definition) is 2. The van der Waals surface area contributed by atoms with Crippen LogP contribution >= 0.6 is 0 Å². The van der Waals surface area contributed by atoms with Crippen molar-refractivity contribution in [2.75, 3.05) is 32.8 Å². The molecular weight excluding hydrogens is 306 g/mol. The third-order valence-electron chi connectivity index (χ3n) is 4.11. The number of furan rings is 1. The van der Waals surface area contributed by atoms with Crippen molar-refractivity contribution < 1.29 is 13.9 Å². The van der Waals surface area contributed by atoms with Crippen molar-refractivity contribution in [3.8, 4) is 0 Å². The molecule has 0 radical (unpaired) electrons. The van der Waals surface area contributed by atoms with Crippen molar-refractivity contribution >= 4 is 6.03 Å². The summed E-state index contributed by atoms with van der Waals surface area (Å²) < 4.78 is 11.0. The smallest absolute Gasteiger partial charge is 0.315 e. The van der Waals surface area contributed by atoms with E-state index in [-0.39, 0.29) is 12.1 Å². The maximum atomic E-state index is 12.1. The molecule has 6 heteroatoms. The molecule has 128 valence electrons. The van der Waals surface area contributed by atoms with Crippen molar-refractivity contribution in [1.82, 2.24) is 15.5 Å². The summed E-state index contributed by atoms with van der Waals surface area (Å²) >= 11 is 0. The van der Waals surface area contributed by atoms with E-state index in [0.29, 0.717) is 26.3 Å². The lowest BCUT2D eigenvalue weighted by Crippen LogP contribution is -2.45. The molecular formula is C18H23N3O3. The Kier molecular flexibility index (Phi) is 5.87. The third-order valence-corrected chi connectivity index (χ3v) is 4.11.